The first-order chi connectivity index (χ1) is 8.63. The van der Waals surface area contributed by atoms with E-state index in [0.717, 1.165) is 0 Å². The maximum absolute atomic E-state index is 14.1. The average molecular weight is 287 g/mol. The van der Waals surface area contributed by atoms with Gasteiger partial charge in [-0.25, -0.2) is 9.37 Å². The monoisotopic (exact) mass is 286 g/mol. The Morgan fingerprint density at radius 2 is 2.22 bits per heavy atom. The van der Waals surface area contributed by atoms with E-state index in [0.29, 0.717) is 18.9 Å². The minimum atomic E-state index is -0.652. The van der Waals surface area contributed by atoms with E-state index in [1.165, 1.54) is 16.7 Å². The fourth-order valence-electron chi connectivity index (χ4n) is 1.95. The van der Waals surface area contributed by atoms with Gasteiger partial charge in [0.05, 0.1) is 6.54 Å². The van der Waals surface area contributed by atoms with E-state index in [1.54, 1.807) is 6.26 Å². The van der Waals surface area contributed by atoms with Crippen molar-refractivity contribution in [3.8, 4) is 5.88 Å². The molecule has 1 N–H and O–H groups in total. The van der Waals surface area contributed by atoms with Crippen LogP contribution in [0.4, 0.5) is 4.39 Å². The maximum atomic E-state index is 14.1. The van der Waals surface area contributed by atoms with E-state index >= 15 is 0 Å². The van der Waals surface area contributed by atoms with Gasteiger partial charge in [0.1, 0.15) is 22.2 Å². The molecule has 18 heavy (non-hydrogen) atoms. The first-order valence-electron chi connectivity index (χ1n) is 5.16. The van der Waals surface area contributed by atoms with Crippen LogP contribution in [-0.4, -0.2) is 45.2 Å². The molecule has 0 amide bonds. The summed E-state index contributed by atoms with van der Waals surface area (Å²) in [5.74, 6) is -0.489. The predicted molar refractivity (Wildman–Crippen MR) is 67.5 cm³/mol. The van der Waals surface area contributed by atoms with Crippen LogP contribution in [0.2, 0.25) is 0 Å². The largest absolute Gasteiger partial charge is 0.493 e. The first-order valence-corrected chi connectivity index (χ1v) is 6.76. The van der Waals surface area contributed by atoms with E-state index in [4.69, 9.17) is 11.6 Å². The lowest BCUT2D eigenvalue weighted by atomic mass is 10.1. The highest BCUT2D eigenvalue weighted by Gasteiger charge is 2.36. The number of aliphatic imine (C=N–C) groups is 1. The second-order valence-electron chi connectivity index (χ2n) is 3.72. The standard InChI is InChI=1S/C10H8ClFN4OS/c1-18-10-14-6-4(9(17)15-10)8-13-2-3-16(8)7(11)5(6)12/h2-3H2,1H3,(H,14,15,17). The summed E-state index contributed by atoms with van der Waals surface area (Å²) >= 11 is 7.16. The third-order valence-corrected chi connectivity index (χ3v) is 3.66. The molecule has 0 unspecified atom stereocenters. The molecule has 1 aromatic heterocycles. The topological polar surface area (TPSA) is 61.6 Å². The lowest BCUT2D eigenvalue weighted by Crippen LogP contribution is -2.31. The van der Waals surface area contributed by atoms with Crippen molar-refractivity contribution < 1.29 is 9.50 Å². The molecule has 2 aliphatic heterocycles. The van der Waals surface area contributed by atoms with Gasteiger partial charge in [-0.15, -0.1) is 0 Å². The molecule has 5 nitrogen and oxygen atoms in total. The van der Waals surface area contributed by atoms with Gasteiger partial charge in [-0.3, -0.25) is 4.99 Å². The minimum Gasteiger partial charge on any atom is -0.493 e. The molecule has 0 atom stereocenters. The van der Waals surface area contributed by atoms with E-state index in [2.05, 4.69) is 15.0 Å². The second-order valence-corrected chi connectivity index (χ2v) is 4.85. The number of nitrogens with zero attached hydrogens (tertiary/aromatic N) is 4. The first kappa shape index (κ1) is 11.7. The summed E-state index contributed by atoms with van der Waals surface area (Å²) < 4.78 is 14.1. The van der Waals surface area contributed by atoms with Crippen LogP contribution in [-0.2, 0) is 0 Å². The van der Waals surface area contributed by atoms with Crippen molar-refractivity contribution in [2.24, 2.45) is 4.99 Å². The Bertz CT molecular complexity index is 604. The van der Waals surface area contributed by atoms with Gasteiger partial charge in [0.15, 0.2) is 11.0 Å². The van der Waals surface area contributed by atoms with Gasteiger partial charge < -0.3 is 10.0 Å². The van der Waals surface area contributed by atoms with Crippen molar-refractivity contribution in [2.75, 3.05) is 19.3 Å². The molecule has 0 spiro atoms. The van der Waals surface area contributed by atoms with Gasteiger partial charge in [-0.1, -0.05) is 23.4 Å². The van der Waals surface area contributed by atoms with Crippen LogP contribution in [0.15, 0.2) is 15.3 Å². The molecule has 1 aromatic rings. The number of hydrogen-bond donors (Lipinski definition) is 1. The lowest BCUT2D eigenvalue weighted by molar-refractivity contribution is 0.439. The second kappa shape index (κ2) is 4.10. The SMILES string of the molecule is CSc1nc(O)c2c(n1)C(F)=C(Cl)N1CCN=C21. The molecule has 0 aliphatic carbocycles. The Labute approximate surface area is 111 Å². The molecular weight excluding hydrogens is 279 g/mol. The van der Waals surface area contributed by atoms with Crippen molar-refractivity contribution in [3.05, 3.63) is 16.4 Å². The summed E-state index contributed by atoms with van der Waals surface area (Å²) in [6, 6.07) is 0. The number of aromatic nitrogens is 2. The molecular formula is C10H8ClFN4OS. The number of fused-ring (bicyclic) bond motifs is 3. The van der Waals surface area contributed by atoms with Crippen LogP contribution in [0, 0.1) is 0 Å². The highest BCUT2D eigenvalue weighted by atomic mass is 35.5. The zero-order chi connectivity index (χ0) is 12.9. The summed E-state index contributed by atoms with van der Waals surface area (Å²) in [5, 5.41) is 10.2. The van der Waals surface area contributed by atoms with Crippen molar-refractivity contribution in [1.82, 2.24) is 14.9 Å². The smallest absolute Gasteiger partial charge is 0.226 e. The number of rotatable bonds is 1. The fraction of sp³-hybridized carbons (Fsp3) is 0.300. The van der Waals surface area contributed by atoms with Crippen LogP contribution >= 0.6 is 23.4 Å². The van der Waals surface area contributed by atoms with Crippen LogP contribution in [0.1, 0.15) is 11.3 Å². The maximum Gasteiger partial charge on any atom is 0.226 e. The van der Waals surface area contributed by atoms with Crippen LogP contribution < -0.4 is 0 Å². The molecule has 2 aliphatic rings. The van der Waals surface area contributed by atoms with Gasteiger partial charge in [-0.2, -0.15) is 4.98 Å². The zero-order valence-electron chi connectivity index (χ0n) is 9.31. The van der Waals surface area contributed by atoms with Crippen LogP contribution in [0.25, 0.3) is 5.83 Å². The number of aromatic hydroxyl groups is 1. The Morgan fingerprint density at radius 1 is 1.44 bits per heavy atom. The number of amidine groups is 1. The molecule has 3 rings (SSSR count). The van der Waals surface area contributed by atoms with Crippen LogP contribution in [0.3, 0.4) is 0 Å². The average Bonchev–Trinajstić information content (AvgIpc) is 2.84. The molecule has 0 saturated heterocycles. The zero-order valence-corrected chi connectivity index (χ0v) is 10.9. The Kier molecular flexibility index (Phi) is 2.67. The molecule has 0 fully saturated rings. The minimum absolute atomic E-state index is 0.00810. The number of thioether (sulfide) groups is 1. The third-order valence-electron chi connectivity index (χ3n) is 2.74. The normalized spacial score (nSPS) is 17.7. The summed E-state index contributed by atoms with van der Waals surface area (Å²) in [7, 11) is 0. The molecule has 8 heteroatoms. The van der Waals surface area contributed by atoms with Gasteiger partial charge >= 0.3 is 0 Å². The van der Waals surface area contributed by atoms with E-state index in [1.807, 2.05) is 0 Å². The van der Waals surface area contributed by atoms with Crippen LogP contribution in [0.5, 0.6) is 5.88 Å². The summed E-state index contributed by atoms with van der Waals surface area (Å²) in [6.07, 6.45) is 1.74. The van der Waals surface area contributed by atoms with E-state index in [-0.39, 0.29) is 27.5 Å². The predicted octanol–water partition coefficient (Wildman–Crippen LogP) is 1.81. The van der Waals surface area contributed by atoms with Gasteiger partial charge in [0.25, 0.3) is 0 Å². The third kappa shape index (κ3) is 1.50. The number of halogens is 2. The summed E-state index contributed by atoms with van der Waals surface area (Å²) in [6.45, 7) is 0.993. The van der Waals surface area contributed by atoms with Gasteiger partial charge in [0.2, 0.25) is 5.88 Å². The van der Waals surface area contributed by atoms with E-state index in [9.17, 15) is 9.50 Å². The Balaban J connectivity index is 2.31. The molecule has 3 heterocycles. The Morgan fingerprint density at radius 3 is 2.94 bits per heavy atom. The highest BCUT2D eigenvalue weighted by Crippen LogP contribution is 2.38. The molecule has 0 radical (unpaired) electrons. The number of hydrogen-bond acceptors (Lipinski definition) is 6. The van der Waals surface area contributed by atoms with Crippen molar-refractivity contribution in [1.29, 1.82) is 0 Å². The molecule has 0 aromatic carbocycles. The molecule has 94 valence electrons. The van der Waals surface area contributed by atoms with E-state index < -0.39 is 5.83 Å². The molecule has 0 saturated carbocycles. The lowest BCUT2D eigenvalue weighted by Gasteiger charge is -2.25. The van der Waals surface area contributed by atoms with Gasteiger partial charge in [-0.05, 0) is 6.26 Å². The summed E-state index contributed by atoms with van der Waals surface area (Å²) in [5.41, 5.74) is 0.223. The van der Waals surface area contributed by atoms with Crippen molar-refractivity contribution >= 4 is 35.0 Å². The fourth-order valence-corrected chi connectivity index (χ4v) is 2.57. The van der Waals surface area contributed by atoms with Crippen molar-refractivity contribution in [2.45, 2.75) is 5.16 Å². The highest BCUT2D eigenvalue weighted by molar-refractivity contribution is 7.98. The quantitative estimate of drug-likeness (QED) is 0.485. The summed E-state index contributed by atoms with van der Waals surface area (Å²) in [4.78, 5) is 13.7. The van der Waals surface area contributed by atoms with Gasteiger partial charge in [0, 0.05) is 6.54 Å². The molecule has 0 bridgehead atoms. The van der Waals surface area contributed by atoms with Crippen molar-refractivity contribution in [3.63, 3.8) is 0 Å². The Hall–Kier alpha value is -1.34.